The monoisotopic (exact) mass is 345 g/mol. The number of anilines is 1. The summed E-state index contributed by atoms with van der Waals surface area (Å²) < 4.78 is 1.63. The Morgan fingerprint density at radius 2 is 1.84 bits per heavy atom. The van der Waals surface area contributed by atoms with Crippen LogP contribution in [0.5, 0.6) is 0 Å². The van der Waals surface area contributed by atoms with Crippen molar-refractivity contribution >= 4 is 17.8 Å². The van der Waals surface area contributed by atoms with Gasteiger partial charge in [-0.1, -0.05) is 0 Å². The van der Waals surface area contributed by atoms with Crippen molar-refractivity contribution in [1.82, 2.24) is 20.4 Å². The molecule has 4 aliphatic rings. The first-order chi connectivity index (χ1) is 12.0. The zero-order valence-electron chi connectivity index (χ0n) is 14.8. The Hall–Kier alpha value is -2.05. The molecule has 5 rings (SSSR count). The topological polar surface area (TPSA) is 88.0 Å². The SMILES string of the molecule is Cn1ccc(NC(=O)CCNC(=O)NC23CC4CC(CC(C4)C2)C3)n1. The van der Waals surface area contributed by atoms with Crippen LogP contribution in [0.3, 0.4) is 0 Å². The van der Waals surface area contributed by atoms with E-state index in [1.54, 1.807) is 24.0 Å². The smallest absolute Gasteiger partial charge is 0.315 e. The molecule has 0 saturated heterocycles. The molecule has 0 radical (unpaired) electrons. The van der Waals surface area contributed by atoms with E-state index in [2.05, 4.69) is 21.0 Å². The van der Waals surface area contributed by atoms with Gasteiger partial charge in [-0.3, -0.25) is 9.48 Å². The molecule has 1 aromatic rings. The summed E-state index contributed by atoms with van der Waals surface area (Å²) in [6.45, 7) is 0.330. The molecule has 0 aliphatic heterocycles. The maximum atomic E-state index is 12.3. The molecule has 3 amide bonds. The molecule has 4 aliphatic carbocycles. The fraction of sp³-hybridized carbons (Fsp3) is 0.722. The van der Waals surface area contributed by atoms with Crippen molar-refractivity contribution in [2.45, 2.75) is 50.5 Å². The highest BCUT2D eigenvalue weighted by atomic mass is 16.2. The van der Waals surface area contributed by atoms with Crippen molar-refractivity contribution in [3.8, 4) is 0 Å². The number of rotatable bonds is 5. The molecule has 1 aromatic heterocycles. The van der Waals surface area contributed by atoms with Crippen molar-refractivity contribution < 1.29 is 9.59 Å². The summed E-state index contributed by atoms with van der Waals surface area (Å²) in [4.78, 5) is 24.2. The Morgan fingerprint density at radius 3 is 2.40 bits per heavy atom. The van der Waals surface area contributed by atoms with E-state index >= 15 is 0 Å². The molecular formula is C18H27N5O2. The summed E-state index contributed by atoms with van der Waals surface area (Å²) in [5.41, 5.74) is 0.00898. The molecule has 0 spiro atoms. The number of carbonyl (C=O) groups excluding carboxylic acids is 2. The lowest BCUT2D eigenvalue weighted by Crippen LogP contribution is -2.61. The number of aromatic nitrogens is 2. The van der Waals surface area contributed by atoms with Gasteiger partial charge in [0.15, 0.2) is 5.82 Å². The minimum Gasteiger partial charge on any atom is -0.338 e. The second kappa shape index (κ2) is 6.35. The van der Waals surface area contributed by atoms with Crippen molar-refractivity contribution in [1.29, 1.82) is 0 Å². The van der Waals surface area contributed by atoms with E-state index in [1.807, 2.05) is 0 Å². The van der Waals surface area contributed by atoms with Crippen LogP contribution in [0.15, 0.2) is 12.3 Å². The first-order valence-corrected chi connectivity index (χ1v) is 9.35. The Kier molecular flexibility index (Phi) is 4.17. The molecule has 0 atom stereocenters. The molecule has 1 heterocycles. The van der Waals surface area contributed by atoms with Crippen LogP contribution in [-0.4, -0.2) is 33.8 Å². The van der Waals surface area contributed by atoms with Gasteiger partial charge in [0, 0.05) is 37.8 Å². The third-order valence-corrected chi connectivity index (χ3v) is 6.04. The first-order valence-electron chi connectivity index (χ1n) is 9.35. The number of nitrogens with zero attached hydrogens (tertiary/aromatic N) is 2. The van der Waals surface area contributed by atoms with Gasteiger partial charge in [-0.15, -0.1) is 0 Å². The average Bonchev–Trinajstić information content (AvgIpc) is 2.90. The highest BCUT2D eigenvalue weighted by Gasteiger charge is 2.51. The van der Waals surface area contributed by atoms with E-state index in [0.717, 1.165) is 37.0 Å². The molecule has 4 saturated carbocycles. The predicted molar refractivity (Wildman–Crippen MR) is 93.9 cm³/mol. The standard InChI is InChI=1S/C18H27N5O2/c1-23-5-3-15(22-23)20-16(24)2-4-19-17(25)21-18-9-12-6-13(10-18)8-14(7-12)11-18/h3,5,12-14H,2,4,6-11H2,1H3,(H2,19,21,25)(H,20,22,24). The zero-order chi connectivity index (χ0) is 17.4. The van der Waals surface area contributed by atoms with Gasteiger partial charge < -0.3 is 16.0 Å². The summed E-state index contributed by atoms with van der Waals surface area (Å²) in [7, 11) is 1.80. The molecule has 7 nitrogen and oxygen atoms in total. The zero-order valence-corrected chi connectivity index (χ0v) is 14.8. The summed E-state index contributed by atoms with van der Waals surface area (Å²) in [6, 6.07) is 1.61. The minimum absolute atomic E-state index is 0.00898. The third kappa shape index (κ3) is 3.65. The van der Waals surface area contributed by atoms with Gasteiger partial charge in [0.05, 0.1) is 0 Å². The van der Waals surface area contributed by atoms with Gasteiger partial charge >= 0.3 is 6.03 Å². The van der Waals surface area contributed by atoms with Gasteiger partial charge in [-0.05, 0) is 56.3 Å². The molecule has 3 N–H and O–H groups in total. The number of carbonyl (C=O) groups is 2. The Balaban J connectivity index is 1.21. The van der Waals surface area contributed by atoms with Crippen molar-refractivity contribution in [3.63, 3.8) is 0 Å². The molecule has 4 bridgehead atoms. The number of aryl methyl sites for hydroxylation is 1. The van der Waals surface area contributed by atoms with Crippen LogP contribution in [0, 0.1) is 17.8 Å². The van der Waals surface area contributed by atoms with Crippen LogP contribution in [0.25, 0.3) is 0 Å². The van der Waals surface area contributed by atoms with E-state index in [1.165, 1.54) is 19.3 Å². The van der Waals surface area contributed by atoms with Gasteiger partial charge in [0.25, 0.3) is 0 Å². The van der Waals surface area contributed by atoms with E-state index in [4.69, 9.17) is 0 Å². The fourth-order valence-electron chi connectivity index (χ4n) is 5.53. The van der Waals surface area contributed by atoms with E-state index in [0.29, 0.717) is 12.4 Å². The number of urea groups is 1. The van der Waals surface area contributed by atoms with Gasteiger partial charge in [-0.2, -0.15) is 5.10 Å². The Labute approximate surface area is 147 Å². The van der Waals surface area contributed by atoms with Crippen LogP contribution in [0.1, 0.15) is 44.9 Å². The van der Waals surface area contributed by atoms with Crippen LogP contribution in [0.2, 0.25) is 0 Å². The normalized spacial score (nSPS) is 32.4. The predicted octanol–water partition coefficient (Wildman–Crippen LogP) is 2.02. The third-order valence-electron chi connectivity index (χ3n) is 6.04. The molecule has 7 heteroatoms. The summed E-state index contributed by atoms with van der Waals surface area (Å²) in [6.07, 6.45) is 9.48. The van der Waals surface area contributed by atoms with Crippen molar-refractivity contribution in [2.24, 2.45) is 24.8 Å². The fourth-order valence-corrected chi connectivity index (χ4v) is 5.53. The largest absolute Gasteiger partial charge is 0.338 e. The van der Waals surface area contributed by atoms with Crippen LogP contribution >= 0.6 is 0 Å². The van der Waals surface area contributed by atoms with Crippen LogP contribution in [0.4, 0.5) is 10.6 Å². The van der Waals surface area contributed by atoms with Gasteiger partial charge in [-0.25, -0.2) is 4.79 Å². The first kappa shape index (κ1) is 16.4. The van der Waals surface area contributed by atoms with Crippen LogP contribution in [-0.2, 0) is 11.8 Å². The minimum atomic E-state index is -0.145. The second-order valence-corrected chi connectivity index (χ2v) is 8.25. The van der Waals surface area contributed by atoms with Crippen LogP contribution < -0.4 is 16.0 Å². The second-order valence-electron chi connectivity index (χ2n) is 8.25. The molecule has 136 valence electrons. The summed E-state index contributed by atoms with van der Waals surface area (Å²) >= 11 is 0. The summed E-state index contributed by atoms with van der Waals surface area (Å²) in [5, 5.41) is 12.9. The maximum absolute atomic E-state index is 12.3. The van der Waals surface area contributed by atoms with Crippen molar-refractivity contribution in [2.75, 3.05) is 11.9 Å². The van der Waals surface area contributed by atoms with E-state index < -0.39 is 0 Å². The lowest BCUT2D eigenvalue weighted by molar-refractivity contribution is -0.116. The lowest BCUT2D eigenvalue weighted by atomic mass is 9.53. The molecule has 4 fully saturated rings. The Bertz CT molecular complexity index is 633. The van der Waals surface area contributed by atoms with Crippen molar-refractivity contribution in [3.05, 3.63) is 12.3 Å². The van der Waals surface area contributed by atoms with E-state index in [-0.39, 0.29) is 23.9 Å². The molecule has 25 heavy (non-hydrogen) atoms. The number of amides is 3. The maximum Gasteiger partial charge on any atom is 0.315 e. The molecule has 0 unspecified atom stereocenters. The highest BCUT2D eigenvalue weighted by molar-refractivity contribution is 5.90. The number of nitrogens with one attached hydrogen (secondary N) is 3. The molecular weight excluding hydrogens is 318 g/mol. The lowest BCUT2D eigenvalue weighted by Gasteiger charge is -2.56. The number of hydrogen-bond acceptors (Lipinski definition) is 3. The highest BCUT2D eigenvalue weighted by Crippen LogP contribution is 2.55. The van der Waals surface area contributed by atoms with Gasteiger partial charge in [0.2, 0.25) is 5.91 Å². The number of hydrogen-bond donors (Lipinski definition) is 3. The summed E-state index contributed by atoms with van der Waals surface area (Å²) in [5.74, 6) is 2.79. The quantitative estimate of drug-likeness (QED) is 0.763. The van der Waals surface area contributed by atoms with E-state index in [9.17, 15) is 9.59 Å². The average molecular weight is 345 g/mol. The molecule has 0 aromatic carbocycles. The van der Waals surface area contributed by atoms with Gasteiger partial charge in [0.1, 0.15) is 0 Å². The Morgan fingerprint density at radius 1 is 1.20 bits per heavy atom.